The number of aryl methyl sites for hydroxylation is 1. The lowest BCUT2D eigenvalue weighted by Gasteiger charge is -2.03. The van der Waals surface area contributed by atoms with Crippen LogP contribution < -0.4 is 4.74 Å². The van der Waals surface area contributed by atoms with Gasteiger partial charge in [-0.05, 0) is 36.4 Å². The number of aromatic hydroxyl groups is 1. The number of H-pyrrole nitrogens is 1. The van der Waals surface area contributed by atoms with E-state index in [1.807, 2.05) is 42.2 Å². The molecular weight excluding hydrogens is 342 g/mol. The number of allylic oxidation sites excluding steroid dienone is 1. The van der Waals surface area contributed by atoms with Crippen LogP contribution in [-0.4, -0.2) is 25.4 Å². The summed E-state index contributed by atoms with van der Waals surface area (Å²) in [5.74, 6) is 0.146. The van der Waals surface area contributed by atoms with Gasteiger partial charge in [0.05, 0.1) is 0 Å². The van der Waals surface area contributed by atoms with Crippen molar-refractivity contribution in [1.29, 1.82) is 0 Å². The fourth-order valence-electron chi connectivity index (χ4n) is 3.53. The van der Waals surface area contributed by atoms with Crippen molar-refractivity contribution in [1.82, 2.24) is 14.5 Å². The number of aromatic nitrogens is 3. The summed E-state index contributed by atoms with van der Waals surface area (Å²) in [7, 11) is 1.91. The average molecular weight is 357 g/mol. The van der Waals surface area contributed by atoms with E-state index in [2.05, 4.69) is 9.97 Å². The van der Waals surface area contributed by atoms with Gasteiger partial charge in [-0.3, -0.25) is 4.79 Å². The number of carbonyl (C=O) groups is 1. The Kier molecular flexibility index (Phi) is 3.21. The number of hydrogen-bond acceptors (Lipinski definition) is 4. The number of Topliss-reactive ketones (excluding diaryl/α,β-unsaturated/α-hetero) is 1. The summed E-state index contributed by atoms with van der Waals surface area (Å²) in [4.78, 5) is 20.4. The van der Waals surface area contributed by atoms with Gasteiger partial charge in [-0.15, -0.1) is 0 Å². The molecule has 3 aromatic heterocycles. The fraction of sp³-hybridized carbons (Fsp3) is 0.0476. The number of pyridine rings is 1. The molecular formula is C21H15N3O3. The lowest BCUT2D eigenvalue weighted by Crippen LogP contribution is -1.98. The summed E-state index contributed by atoms with van der Waals surface area (Å²) in [6.45, 7) is 0. The standard InChI is InChI=1S/C21H15N3O3/c1-24-11-12(10-17-20(26)19-15(25)5-2-6-16(19)27-17)18-13(7-9-23-21(18)24)14-4-3-8-22-14/h2-11,22,25H,1H3. The van der Waals surface area contributed by atoms with Crippen molar-refractivity contribution < 1.29 is 14.6 Å². The Hall–Kier alpha value is -3.80. The molecule has 1 aliphatic heterocycles. The van der Waals surface area contributed by atoms with E-state index in [-0.39, 0.29) is 22.9 Å². The second-order valence-corrected chi connectivity index (χ2v) is 6.43. The zero-order chi connectivity index (χ0) is 18.5. The average Bonchev–Trinajstić information content (AvgIpc) is 3.36. The molecule has 0 fully saturated rings. The number of nitrogens with zero attached hydrogens (tertiary/aromatic N) is 2. The minimum atomic E-state index is -0.328. The Labute approximate surface area is 154 Å². The van der Waals surface area contributed by atoms with Crippen molar-refractivity contribution >= 4 is 22.9 Å². The first-order chi connectivity index (χ1) is 13.1. The molecule has 0 bridgehead atoms. The summed E-state index contributed by atoms with van der Waals surface area (Å²) in [6.07, 6.45) is 7.25. The topological polar surface area (TPSA) is 80.1 Å². The zero-order valence-corrected chi connectivity index (χ0v) is 14.4. The minimum Gasteiger partial charge on any atom is -0.507 e. The van der Waals surface area contributed by atoms with Crippen molar-refractivity contribution in [3.05, 3.63) is 71.9 Å². The Balaban J connectivity index is 1.70. The van der Waals surface area contributed by atoms with Crippen LogP contribution in [0.2, 0.25) is 0 Å². The molecule has 27 heavy (non-hydrogen) atoms. The molecule has 0 spiro atoms. The largest absolute Gasteiger partial charge is 0.507 e. The van der Waals surface area contributed by atoms with Crippen molar-refractivity contribution in [3.8, 4) is 22.8 Å². The molecule has 6 nitrogen and oxygen atoms in total. The van der Waals surface area contributed by atoms with Gasteiger partial charge in [0, 0.05) is 47.8 Å². The number of phenols is 1. The molecule has 0 amide bonds. The minimum absolute atomic E-state index is 0.0763. The highest BCUT2D eigenvalue weighted by molar-refractivity contribution is 6.17. The smallest absolute Gasteiger partial charge is 0.235 e. The van der Waals surface area contributed by atoms with Crippen LogP contribution in [0, 0.1) is 0 Å². The van der Waals surface area contributed by atoms with E-state index in [9.17, 15) is 9.90 Å². The first-order valence-electron chi connectivity index (χ1n) is 8.47. The highest BCUT2D eigenvalue weighted by atomic mass is 16.5. The number of benzene rings is 1. The van der Waals surface area contributed by atoms with Crippen molar-refractivity contribution in [2.75, 3.05) is 0 Å². The van der Waals surface area contributed by atoms with Crippen LogP contribution in [-0.2, 0) is 7.05 Å². The van der Waals surface area contributed by atoms with Gasteiger partial charge >= 0.3 is 0 Å². The monoisotopic (exact) mass is 357 g/mol. The predicted molar refractivity (Wildman–Crippen MR) is 102 cm³/mol. The number of ether oxygens (including phenoxy) is 1. The van der Waals surface area contributed by atoms with Crippen LogP contribution in [0.1, 0.15) is 15.9 Å². The maximum absolute atomic E-state index is 12.7. The highest BCUT2D eigenvalue weighted by Gasteiger charge is 2.30. The molecule has 0 saturated heterocycles. The van der Waals surface area contributed by atoms with E-state index in [1.165, 1.54) is 6.07 Å². The Morgan fingerprint density at radius 2 is 2.11 bits per heavy atom. The van der Waals surface area contributed by atoms with E-state index < -0.39 is 0 Å². The molecule has 1 aliphatic rings. The first kappa shape index (κ1) is 15.5. The molecule has 4 heterocycles. The van der Waals surface area contributed by atoms with Gasteiger partial charge in [0.15, 0.2) is 5.76 Å². The third kappa shape index (κ3) is 2.27. The summed E-state index contributed by atoms with van der Waals surface area (Å²) in [5, 5.41) is 10.9. The Bertz CT molecular complexity index is 1230. The number of aromatic amines is 1. The van der Waals surface area contributed by atoms with Gasteiger partial charge in [0.25, 0.3) is 0 Å². The van der Waals surface area contributed by atoms with Gasteiger partial charge in [-0.25, -0.2) is 4.98 Å². The number of ketones is 1. The normalized spacial score (nSPS) is 14.7. The molecule has 4 aromatic rings. The van der Waals surface area contributed by atoms with Crippen LogP contribution in [0.4, 0.5) is 0 Å². The van der Waals surface area contributed by atoms with Crippen molar-refractivity contribution in [3.63, 3.8) is 0 Å². The van der Waals surface area contributed by atoms with Gasteiger partial charge in [-0.1, -0.05) is 6.07 Å². The lowest BCUT2D eigenvalue weighted by atomic mass is 10.0. The van der Waals surface area contributed by atoms with E-state index in [4.69, 9.17) is 4.74 Å². The van der Waals surface area contributed by atoms with Gasteiger partial charge in [0.1, 0.15) is 22.7 Å². The number of rotatable bonds is 2. The van der Waals surface area contributed by atoms with E-state index in [0.29, 0.717) is 5.75 Å². The van der Waals surface area contributed by atoms with E-state index in [1.54, 1.807) is 24.4 Å². The predicted octanol–water partition coefficient (Wildman–Crippen LogP) is 3.89. The third-order valence-corrected chi connectivity index (χ3v) is 4.74. The van der Waals surface area contributed by atoms with Crippen LogP contribution >= 0.6 is 0 Å². The molecule has 2 N–H and O–H groups in total. The van der Waals surface area contributed by atoms with Crippen molar-refractivity contribution in [2.45, 2.75) is 0 Å². The maximum atomic E-state index is 12.7. The van der Waals surface area contributed by atoms with Crippen molar-refractivity contribution in [2.24, 2.45) is 7.05 Å². The quantitative estimate of drug-likeness (QED) is 0.533. The van der Waals surface area contributed by atoms with Crippen LogP contribution in [0.25, 0.3) is 28.4 Å². The molecule has 132 valence electrons. The van der Waals surface area contributed by atoms with Gasteiger partial charge < -0.3 is 19.4 Å². The first-order valence-corrected chi connectivity index (χ1v) is 8.47. The molecule has 0 radical (unpaired) electrons. The highest BCUT2D eigenvalue weighted by Crippen LogP contribution is 2.38. The molecule has 0 aliphatic carbocycles. The Morgan fingerprint density at radius 1 is 1.22 bits per heavy atom. The number of hydrogen-bond donors (Lipinski definition) is 2. The molecule has 0 unspecified atom stereocenters. The summed E-state index contributed by atoms with van der Waals surface area (Å²) in [6, 6.07) is 10.7. The fourth-order valence-corrected chi connectivity index (χ4v) is 3.53. The number of carbonyl (C=O) groups excluding carboxylic acids is 1. The van der Waals surface area contributed by atoms with Gasteiger partial charge in [-0.2, -0.15) is 0 Å². The SMILES string of the molecule is Cn1cc(C=C2Oc3cccc(O)c3C2=O)c2c(-c3ccc[nH]3)ccnc21. The summed E-state index contributed by atoms with van der Waals surface area (Å²) in [5.41, 5.74) is 3.78. The molecule has 0 atom stereocenters. The second kappa shape index (κ2) is 5.60. The summed E-state index contributed by atoms with van der Waals surface area (Å²) >= 11 is 0. The van der Waals surface area contributed by atoms with E-state index >= 15 is 0 Å². The number of phenolic OH excluding ortho intramolecular Hbond substituents is 1. The number of nitrogens with one attached hydrogen (secondary N) is 1. The molecule has 6 heteroatoms. The summed E-state index contributed by atoms with van der Waals surface area (Å²) < 4.78 is 7.62. The van der Waals surface area contributed by atoms with Crippen LogP contribution in [0.15, 0.2) is 60.7 Å². The maximum Gasteiger partial charge on any atom is 0.235 e. The zero-order valence-electron chi connectivity index (χ0n) is 14.4. The second-order valence-electron chi connectivity index (χ2n) is 6.43. The molecule has 1 aromatic carbocycles. The molecule has 0 saturated carbocycles. The molecule has 5 rings (SSSR count). The van der Waals surface area contributed by atoms with E-state index in [0.717, 1.165) is 27.9 Å². The number of fused-ring (bicyclic) bond motifs is 2. The van der Waals surface area contributed by atoms with Gasteiger partial charge in [0.2, 0.25) is 5.78 Å². The third-order valence-electron chi connectivity index (χ3n) is 4.74. The lowest BCUT2D eigenvalue weighted by molar-refractivity contribution is 0.101. The van der Waals surface area contributed by atoms with Crippen LogP contribution in [0.3, 0.4) is 0 Å². The van der Waals surface area contributed by atoms with Crippen LogP contribution in [0.5, 0.6) is 11.5 Å². The Morgan fingerprint density at radius 3 is 2.89 bits per heavy atom.